The van der Waals surface area contributed by atoms with Crippen LogP contribution in [0.25, 0.3) is 0 Å². The molecule has 1 aromatic carbocycles. The van der Waals surface area contributed by atoms with Gasteiger partial charge in [-0.25, -0.2) is 4.39 Å². The lowest BCUT2D eigenvalue weighted by Gasteiger charge is -2.05. The van der Waals surface area contributed by atoms with Crippen molar-refractivity contribution in [3.8, 4) is 0 Å². The van der Waals surface area contributed by atoms with Gasteiger partial charge in [-0.15, -0.1) is 12.4 Å². The molecule has 0 aliphatic heterocycles. The Bertz CT molecular complexity index is 525. The van der Waals surface area contributed by atoms with Crippen molar-refractivity contribution >= 4 is 12.4 Å². The molecule has 0 atom stereocenters. The summed E-state index contributed by atoms with van der Waals surface area (Å²) in [4.78, 5) is 0. The third kappa shape index (κ3) is 5.31. The Kier molecular flexibility index (Phi) is 6.68. The monoisotopic (exact) mass is 297 g/mol. The molecule has 2 aromatic rings. The standard InChI is InChI=1S/C15H20FN3.ClH/c1-12(2)11-19-7-6-15(18-19)10-17-9-13-4-3-5-14(16)8-13;/h3-8,12,17H,9-11H2,1-2H3;1H. The summed E-state index contributed by atoms with van der Waals surface area (Å²) in [6, 6.07) is 8.65. The van der Waals surface area contributed by atoms with Gasteiger partial charge in [0, 0.05) is 25.8 Å². The van der Waals surface area contributed by atoms with Gasteiger partial charge in [0.05, 0.1) is 5.69 Å². The molecule has 0 unspecified atom stereocenters. The molecule has 20 heavy (non-hydrogen) atoms. The second kappa shape index (κ2) is 8.02. The maximum atomic E-state index is 13.0. The Morgan fingerprint density at radius 3 is 2.75 bits per heavy atom. The average molecular weight is 298 g/mol. The normalized spacial score (nSPS) is 10.6. The van der Waals surface area contributed by atoms with E-state index in [9.17, 15) is 4.39 Å². The number of nitrogens with one attached hydrogen (secondary N) is 1. The van der Waals surface area contributed by atoms with E-state index in [0.717, 1.165) is 17.8 Å². The molecule has 0 bridgehead atoms. The van der Waals surface area contributed by atoms with Gasteiger partial charge in [-0.3, -0.25) is 4.68 Å². The second-order valence-electron chi connectivity index (χ2n) is 5.16. The largest absolute Gasteiger partial charge is 0.307 e. The van der Waals surface area contributed by atoms with Crippen LogP contribution in [0.4, 0.5) is 4.39 Å². The molecule has 0 saturated carbocycles. The molecule has 0 aliphatic rings. The number of aromatic nitrogens is 2. The van der Waals surface area contributed by atoms with E-state index in [1.807, 2.05) is 23.0 Å². The van der Waals surface area contributed by atoms with E-state index in [2.05, 4.69) is 24.3 Å². The Hall–Kier alpha value is -1.39. The lowest BCUT2D eigenvalue weighted by Crippen LogP contribution is -2.14. The lowest BCUT2D eigenvalue weighted by atomic mass is 10.2. The van der Waals surface area contributed by atoms with E-state index < -0.39 is 0 Å². The van der Waals surface area contributed by atoms with Gasteiger partial charge >= 0.3 is 0 Å². The molecule has 2 rings (SSSR count). The molecular weight excluding hydrogens is 277 g/mol. The summed E-state index contributed by atoms with van der Waals surface area (Å²) in [5.74, 6) is 0.397. The summed E-state index contributed by atoms with van der Waals surface area (Å²) in [5.41, 5.74) is 1.96. The van der Waals surface area contributed by atoms with E-state index in [-0.39, 0.29) is 18.2 Å². The van der Waals surface area contributed by atoms with Crippen LogP contribution >= 0.6 is 12.4 Å². The number of nitrogens with zero attached hydrogens (tertiary/aromatic N) is 2. The summed E-state index contributed by atoms with van der Waals surface area (Å²) in [7, 11) is 0. The number of benzene rings is 1. The average Bonchev–Trinajstić information content (AvgIpc) is 2.76. The first-order valence-corrected chi connectivity index (χ1v) is 6.61. The van der Waals surface area contributed by atoms with Crippen molar-refractivity contribution in [3.05, 3.63) is 53.6 Å². The van der Waals surface area contributed by atoms with Crippen molar-refractivity contribution in [1.29, 1.82) is 0 Å². The molecule has 0 spiro atoms. The number of hydrogen-bond donors (Lipinski definition) is 1. The topological polar surface area (TPSA) is 29.9 Å². The molecule has 0 fully saturated rings. The summed E-state index contributed by atoms with van der Waals surface area (Å²) < 4.78 is 15.0. The molecule has 1 N–H and O–H groups in total. The minimum Gasteiger partial charge on any atom is -0.307 e. The van der Waals surface area contributed by atoms with Gasteiger partial charge in [0.15, 0.2) is 0 Å². The van der Waals surface area contributed by atoms with Crippen molar-refractivity contribution in [2.45, 2.75) is 33.5 Å². The fourth-order valence-electron chi connectivity index (χ4n) is 1.96. The molecule has 5 heteroatoms. The van der Waals surface area contributed by atoms with Gasteiger partial charge in [-0.1, -0.05) is 26.0 Å². The van der Waals surface area contributed by atoms with E-state index >= 15 is 0 Å². The zero-order valence-electron chi connectivity index (χ0n) is 11.8. The summed E-state index contributed by atoms with van der Waals surface area (Å²) in [6.45, 7) is 6.62. The van der Waals surface area contributed by atoms with Gasteiger partial charge in [-0.05, 0) is 29.7 Å². The minimum absolute atomic E-state index is 0. The summed E-state index contributed by atoms with van der Waals surface area (Å²) >= 11 is 0. The van der Waals surface area contributed by atoms with Crippen LogP contribution in [-0.2, 0) is 19.6 Å². The van der Waals surface area contributed by atoms with Crippen molar-refractivity contribution in [1.82, 2.24) is 15.1 Å². The highest BCUT2D eigenvalue weighted by Crippen LogP contribution is 2.04. The lowest BCUT2D eigenvalue weighted by molar-refractivity contribution is 0.477. The Morgan fingerprint density at radius 1 is 1.25 bits per heavy atom. The highest BCUT2D eigenvalue weighted by atomic mass is 35.5. The molecule has 3 nitrogen and oxygen atoms in total. The smallest absolute Gasteiger partial charge is 0.123 e. The molecule has 0 aliphatic carbocycles. The van der Waals surface area contributed by atoms with Crippen LogP contribution < -0.4 is 5.32 Å². The van der Waals surface area contributed by atoms with Gasteiger partial charge in [0.1, 0.15) is 5.82 Å². The van der Waals surface area contributed by atoms with Gasteiger partial charge in [0.25, 0.3) is 0 Å². The molecule has 0 amide bonds. The molecule has 0 radical (unpaired) electrons. The fraction of sp³-hybridized carbons (Fsp3) is 0.400. The Balaban J connectivity index is 0.00000200. The van der Waals surface area contributed by atoms with Crippen LogP contribution in [0.15, 0.2) is 36.5 Å². The van der Waals surface area contributed by atoms with Crippen LogP contribution in [0.1, 0.15) is 25.1 Å². The van der Waals surface area contributed by atoms with Crippen molar-refractivity contribution < 1.29 is 4.39 Å². The van der Waals surface area contributed by atoms with Gasteiger partial charge < -0.3 is 5.32 Å². The predicted octanol–water partition coefficient (Wildman–Crippen LogP) is 3.39. The molecule has 1 aromatic heterocycles. The highest BCUT2D eigenvalue weighted by molar-refractivity contribution is 5.85. The Morgan fingerprint density at radius 2 is 2.05 bits per heavy atom. The minimum atomic E-state index is -0.194. The molecule has 1 heterocycles. The Labute approximate surface area is 125 Å². The van der Waals surface area contributed by atoms with Crippen LogP contribution in [0.3, 0.4) is 0 Å². The maximum absolute atomic E-state index is 13.0. The third-order valence-electron chi connectivity index (χ3n) is 2.77. The maximum Gasteiger partial charge on any atom is 0.123 e. The molecular formula is C15H21ClFN3. The van der Waals surface area contributed by atoms with Gasteiger partial charge in [-0.2, -0.15) is 5.10 Å². The quantitative estimate of drug-likeness (QED) is 0.886. The zero-order chi connectivity index (χ0) is 13.7. The highest BCUT2D eigenvalue weighted by Gasteiger charge is 2.01. The van der Waals surface area contributed by atoms with Crippen molar-refractivity contribution in [2.75, 3.05) is 0 Å². The van der Waals surface area contributed by atoms with E-state index in [4.69, 9.17) is 0 Å². The van der Waals surface area contributed by atoms with E-state index in [1.165, 1.54) is 6.07 Å². The number of halogens is 2. The van der Waals surface area contributed by atoms with E-state index in [0.29, 0.717) is 19.0 Å². The second-order valence-corrected chi connectivity index (χ2v) is 5.16. The van der Waals surface area contributed by atoms with Gasteiger partial charge in [0.2, 0.25) is 0 Å². The zero-order valence-corrected chi connectivity index (χ0v) is 12.7. The number of rotatable bonds is 6. The summed E-state index contributed by atoms with van der Waals surface area (Å²) in [6.07, 6.45) is 2.00. The third-order valence-corrected chi connectivity index (χ3v) is 2.77. The predicted molar refractivity (Wildman–Crippen MR) is 81.3 cm³/mol. The fourth-order valence-corrected chi connectivity index (χ4v) is 1.96. The first kappa shape index (κ1) is 16.7. The van der Waals surface area contributed by atoms with Crippen LogP contribution in [0, 0.1) is 11.7 Å². The van der Waals surface area contributed by atoms with Crippen LogP contribution in [0.5, 0.6) is 0 Å². The van der Waals surface area contributed by atoms with Crippen molar-refractivity contribution in [2.24, 2.45) is 5.92 Å². The first-order valence-electron chi connectivity index (χ1n) is 6.61. The van der Waals surface area contributed by atoms with E-state index in [1.54, 1.807) is 12.1 Å². The first-order chi connectivity index (χ1) is 9.13. The van der Waals surface area contributed by atoms with Crippen LogP contribution in [0.2, 0.25) is 0 Å². The molecule has 0 saturated heterocycles. The van der Waals surface area contributed by atoms with Crippen LogP contribution in [-0.4, -0.2) is 9.78 Å². The number of hydrogen-bond acceptors (Lipinski definition) is 2. The SMILES string of the molecule is CC(C)Cn1ccc(CNCc2cccc(F)c2)n1.Cl. The van der Waals surface area contributed by atoms with Crippen molar-refractivity contribution in [3.63, 3.8) is 0 Å². The molecule has 110 valence electrons. The summed E-state index contributed by atoms with van der Waals surface area (Å²) in [5, 5.41) is 7.75.